The van der Waals surface area contributed by atoms with Crippen LogP contribution in [0.2, 0.25) is 0 Å². The molecule has 0 saturated carbocycles. The SMILES string of the molecule is O=C(O)c1ccc([N+](=O)[O-])cc1C(=O)N1CCN(c2ccc(F)cc2)CC1. The van der Waals surface area contributed by atoms with Gasteiger partial charge in [0.2, 0.25) is 0 Å². The summed E-state index contributed by atoms with van der Waals surface area (Å²) in [6.07, 6.45) is 0. The summed E-state index contributed by atoms with van der Waals surface area (Å²) in [7, 11) is 0. The summed E-state index contributed by atoms with van der Waals surface area (Å²) >= 11 is 0. The lowest BCUT2D eigenvalue weighted by Crippen LogP contribution is -2.49. The first-order chi connectivity index (χ1) is 12.9. The quantitative estimate of drug-likeness (QED) is 0.652. The van der Waals surface area contributed by atoms with Gasteiger partial charge in [0.15, 0.2) is 0 Å². The first kappa shape index (κ1) is 18.3. The number of nitro benzene ring substituents is 1. The zero-order valence-electron chi connectivity index (χ0n) is 14.2. The molecule has 0 atom stereocenters. The number of amides is 1. The normalized spacial score (nSPS) is 14.1. The van der Waals surface area contributed by atoms with Gasteiger partial charge in [0.25, 0.3) is 11.6 Å². The van der Waals surface area contributed by atoms with E-state index in [1.165, 1.54) is 17.0 Å². The van der Waals surface area contributed by atoms with E-state index in [4.69, 9.17) is 0 Å². The van der Waals surface area contributed by atoms with Crippen molar-refractivity contribution in [1.29, 1.82) is 0 Å². The van der Waals surface area contributed by atoms with Gasteiger partial charge < -0.3 is 14.9 Å². The molecular weight excluding hydrogens is 357 g/mol. The van der Waals surface area contributed by atoms with Crippen molar-refractivity contribution in [3.05, 3.63) is 69.5 Å². The molecule has 1 amide bonds. The Morgan fingerprint density at radius 3 is 2.19 bits per heavy atom. The fourth-order valence-corrected chi connectivity index (χ4v) is 3.00. The number of carboxylic acids is 1. The molecule has 2 aromatic rings. The first-order valence-corrected chi connectivity index (χ1v) is 8.18. The zero-order valence-corrected chi connectivity index (χ0v) is 14.2. The van der Waals surface area contributed by atoms with Gasteiger partial charge in [0.05, 0.1) is 16.1 Å². The van der Waals surface area contributed by atoms with E-state index in [2.05, 4.69) is 0 Å². The van der Waals surface area contributed by atoms with E-state index in [0.717, 1.165) is 23.9 Å². The lowest BCUT2D eigenvalue weighted by molar-refractivity contribution is -0.384. The van der Waals surface area contributed by atoms with Gasteiger partial charge in [-0.1, -0.05) is 0 Å². The summed E-state index contributed by atoms with van der Waals surface area (Å²) in [5.41, 5.74) is 0.0110. The van der Waals surface area contributed by atoms with Gasteiger partial charge in [-0.3, -0.25) is 14.9 Å². The number of nitro groups is 1. The lowest BCUT2D eigenvalue weighted by atomic mass is 10.0. The van der Waals surface area contributed by atoms with Gasteiger partial charge in [-0.05, 0) is 30.3 Å². The molecule has 0 aromatic heterocycles. The molecule has 1 N–H and O–H groups in total. The molecule has 3 rings (SSSR count). The largest absolute Gasteiger partial charge is 0.478 e. The molecule has 0 spiro atoms. The monoisotopic (exact) mass is 373 g/mol. The number of carboxylic acid groups (broad SMARTS) is 1. The summed E-state index contributed by atoms with van der Waals surface area (Å²) < 4.78 is 13.0. The molecule has 8 nitrogen and oxygen atoms in total. The van der Waals surface area contributed by atoms with Gasteiger partial charge in [-0.15, -0.1) is 0 Å². The average Bonchev–Trinajstić information content (AvgIpc) is 2.67. The van der Waals surface area contributed by atoms with Crippen LogP contribution in [0.4, 0.5) is 15.8 Å². The molecule has 0 unspecified atom stereocenters. The van der Waals surface area contributed by atoms with Crippen molar-refractivity contribution in [1.82, 2.24) is 4.90 Å². The molecule has 0 aliphatic carbocycles. The standard InChI is InChI=1S/C18H16FN3O5/c19-12-1-3-13(4-2-12)20-7-9-21(10-8-20)17(23)16-11-14(22(26)27)5-6-15(16)18(24)25/h1-6,11H,7-10H2,(H,24,25). The van der Waals surface area contributed by atoms with Gasteiger partial charge in [-0.2, -0.15) is 0 Å². The minimum Gasteiger partial charge on any atom is -0.478 e. The molecule has 2 aromatic carbocycles. The van der Waals surface area contributed by atoms with E-state index in [9.17, 15) is 29.2 Å². The first-order valence-electron chi connectivity index (χ1n) is 8.18. The molecule has 0 radical (unpaired) electrons. The predicted octanol–water partition coefficient (Wildman–Crippen LogP) is 2.39. The van der Waals surface area contributed by atoms with Crippen molar-refractivity contribution >= 4 is 23.3 Å². The summed E-state index contributed by atoms with van der Waals surface area (Å²) in [5, 5.41) is 20.2. The number of hydrogen-bond donors (Lipinski definition) is 1. The minimum absolute atomic E-state index is 0.202. The van der Waals surface area contributed by atoms with Crippen LogP contribution in [-0.2, 0) is 0 Å². The average molecular weight is 373 g/mol. The van der Waals surface area contributed by atoms with Crippen molar-refractivity contribution in [2.75, 3.05) is 31.1 Å². The Labute approximate surface area is 153 Å². The van der Waals surface area contributed by atoms with E-state index < -0.39 is 16.8 Å². The van der Waals surface area contributed by atoms with E-state index in [0.29, 0.717) is 26.2 Å². The molecule has 0 bridgehead atoms. The maximum Gasteiger partial charge on any atom is 0.336 e. The topological polar surface area (TPSA) is 104 Å². The van der Waals surface area contributed by atoms with Crippen LogP contribution in [0.3, 0.4) is 0 Å². The lowest BCUT2D eigenvalue weighted by Gasteiger charge is -2.36. The minimum atomic E-state index is -1.32. The number of benzene rings is 2. The number of carbonyl (C=O) groups excluding carboxylic acids is 1. The number of anilines is 1. The number of carbonyl (C=O) groups is 2. The Bertz CT molecular complexity index is 892. The van der Waals surface area contributed by atoms with Crippen molar-refractivity contribution in [2.24, 2.45) is 0 Å². The smallest absolute Gasteiger partial charge is 0.336 e. The number of non-ortho nitro benzene ring substituents is 1. The number of rotatable bonds is 4. The van der Waals surface area contributed by atoms with Crippen molar-refractivity contribution in [3.8, 4) is 0 Å². The van der Waals surface area contributed by atoms with Gasteiger partial charge in [0, 0.05) is 44.0 Å². The number of hydrogen-bond acceptors (Lipinski definition) is 5. The van der Waals surface area contributed by atoms with E-state index in [1.807, 2.05) is 4.90 Å². The highest BCUT2D eigenvalue weighted by atomic mass is 19.1. The fraction of sp³-hybridized carbons (Fsp3) is 0.222. The van der Waals surface area contributed by atoms with Gasteiger partial charge in [0.1, 0.15) is 5.82 Å². The highest BCUT2D eigenvalue weighted by Gasteiger charge is 2.27. The zero-order chi connectivity index (χ0) is 19.6. The Kier molecular flexibility index (Phi) is 5.02. The second-order valence-corrected chi connectivity index (χ2v) is 6.05. The van der Waals surface area contributed by atoms with Crippen molar-refractivity contribution in [2.45, 2.75) is 0 Å². The van der Waals surface area contributed by atoms with Crippen molar-refractivity contribution < 1.29 is 24.0 Å². The van der Waals surface area contributed by atoms with Crippen LogP contribution < -0.4 is 4.90 Å². The Balaban J connectivity index is 1.77. The Morgan fingerprint density at radius 2 is 1.63 bits per heavy atom. The summed E-state index contributed by atoms with van der Waals surface area (Å²) in [6.45, 7) is 1.60. The Morgan fingerprint density at radius 1 is 1.00 bits per heavy atom. The fourth-order valence-electron chi connectivity index (χ4n) is 3.00. The molecule has 1 heterocycles. The highest BCUT2D eigenvalue weighted by Crippen LogP contribution is 2.22. The summed E-state index contributed by atoms with van der Waals surface area (Å²) in [5.74, 6) is -2.22. The van der Waals surface area contributed by atoms with E-state index in [-0.39, 0.29) is 22.6 Å². The second-order valence-electron chi connectivity index (χ2n) is 6.05. The van der Waals surface area contributed by atoms with E-state index >= 15 is 0 Å². The third-order valence-corrected chi connectivity index (χ3v) is 4.43. The molecule has 1 aliphatic rings. The molecule has 1 saturated heterocycles. The third kappa shape index (κ3) is 3.86. The maximum absolute atomic E-state index is 13.0. The molecule has 140 valence electrons. The molecule has 1 fully saturated rings. The predicted molar refractivity (Wildman–Crippen MR) is 94.6 cm³/mol. The van der Waals surface area contributed by atoms with Crippen LogP contribution >= 0.6 is 0 Å². The van der Waals surface area contributed by atoms with Crippen LogP contribution in [0.25, 0.3) is 0 Å². The van der Waals surface area contributed by atoms with Crippen molar-refractivity contribution in [3.63, 3.8) is 0 Å². The van der Waals surface area contributed by atoms with Gasteiger partial charge in [-0.25, -0.2) is 9.18 Å². The summed E-state index contributed by atoms with van der Waals surface area (Å²) in [6, 6.07) is 9.14. The second kappa shape index (κ2) is 7.40. The maximum atomic E-state index is 13.0. The van der Waals surface area contributed by atoms with Crippen LogP contribution in [0.15, 0.2) is 42.5 Å². The molecule has 9 heteroatoms. The van der Waals surface area contributed by atoms with Crippen LogP contribution in [0.5, 0.6) is 0 Å². The number of halogens is 1. The molecular formula is C18H16FN3O5. The van der Waals surface area contributed by atoms with E-state index in [1.54, 1.807) is 12.1 Å². The molecule has 27 heavy (non-hydrogen) atoms. The van der Waals surface area contributed by atoms with Crippen LogP contribution in [0, 0.1) is 15.9 Å². The summed E-state index contributed by atoms with van der Waals surface area (Å²) in [4.78, 5) is 37.9. The van der Waals surface area contributed by atoms with Crippen LogP contribution in [-0.4, -0.2) is 53.0 Å². The van der Waals surface area contributed by atoms with Crippen LogP contribution in [0.1, 0.15) is 20.7 Å². The number of piperazine rings is 1. The third-order valence-electron chi connectivity index (χ3n) is 4.43. The highest BCUT2D eigenvalue weighted by molar-refractivity contribution is 6.05. The Hall–Kier alpha value is -3.49. The number of nitrogens with zero attached hydrogens (tertiary/aromatic N) is 3. The van der Waals surface area contributed by atoms with Gasteiger partial charge >= 0.3 is 5.97 Å². The number of aromatic carboxylic acids is 1. The molecule has 1 aliphatic heterocycles.